The molecule has 1 aromatic heterocycles. The van der Waals surface area contributed by atoms with Gasteiger partial charge in [0, 0.05) is 6.07 Å². The minimum Gasteiger partial charge on any atom is -0.490 e. The molecule has 0 unspecified atom stereocenters. The van der Waals surface area contributed by atoms with Crippen LogP contribution in [-0.2, 0) is 7.05 Å². The highest BCUT2D eigenvalue weighted by Crippen LogP contribution is 2.31. The zero-order chi connectivity index (χ0) is 12.3. The fraction of sp³-hybridized carbons (Fsp3) is 0.500. The molecule has 0 amide bonds. The van der Waals surface area contributed by atoms with E-state index in [1.807, 2.05) is 13.8 Å². The predicted octanol–water partition coefficient (Wildman–Crippen LogP) is 1.25. The number of nitrogens with zero attached hydrogens (tertiary/aromatic N) is 2. The normalized spacial score (nSPS) is 10.3. The average molecular weight is 226 g/mol. The first-order chi connectivity index (χ1) is 7.47. The number of aryl methyl sites for hydroxylation is 1. The molecular formula is C10H16N3O3+. The van der Waals surface area contributed by atoms with Crippen LogP contribution < -0.4 is 14.6 Å². The molecule has 0 saturated heterocycles. The number of ether oxygens (including phenoxy) is 1. The van der Waals surface area contributed by atoms with Crippen LogP contribution in [0, 0.1) is 10.1 Å². The Morgan fingerprint density at radius 3 is 2.62 bits per heavy atom. The lowest BCUT2D eigenvalue weighted by Gasteiger charge is -2.08. The van der Waals surface area contributed by atoms with Crippen molar-refractivity contribution in [2.45, 2.75) is 19.9 Å². The molecule has 1 N–H and O–H groups in total. The zero-order valence-corrected chi connectivity index (χ0v) is 9.85. The van der Waals surface area contributed by atoms with Gasteiger partial charge in [-0.3, -0.25) is 15.4 Å². The molecule has 0 bridgehead atoms. The number of aromatic nitrogens is 1. The van der Waals surface area contributed by atoms with Crippen molar-refractivity contribution < 1.29 is 14.2 Å². The van der Waals surface area contributed by atoms with E-state index in [1.165, 1.54) is 7.11 Å². The fourth-order valence-corrected chi connectivity index (χ4v) is 1.40. The summed E-state index contributed by atoms with van der Waals surface area (Å²) in [5.41, 5.74) is -0.0406. The summed E-state index contributed by atoms with van der Waals surface area (Å²) in [6.07, 6.45) is 1.72. The number of hydrogen-bond donors (Lipinski definition) is 1. The summed E-state index contributed by atoms with van der Waals surface area (Å²) in [5, 5.41) is 14.0. The lowest BCUT2D eigenvalue weighted by Crippen LogP contribution is -2.34. The number of rotatable bonds is 4. The monoisotopic (exact) mass is 226 g/mol. The first kappa shape index (κ1) is 12.2. The van der Waals surface area contributed by atoms with Gasteiger partial charge < -0.3 is 4.74 Å². The van der Waals surface area contributed by atoms with Crippen LogP contribution in [0.3, 0.4) is 0 Å². The lowest BCUT2D eigenvalue weighted by atomic mass is 10.3. The zero-order valence-electron chi connectivity index (χ0n) is 9.85. The van der Waals surface area contributed by atoms with E-state index in [2.05, 4.69) is 5.32 Å². The Morgan fingerprint density at radius 2 is 2.19 bits per heavy atom. The quantitative estimate of drug-likeness (QED) is 0.476. The summed E-state index contributed by atoms with van der Waals surface area (Å²) in [7, 11) is 3.17. The highest BCUT2D eigenvalue weighted by molar-refractivity contribution is 5.60. The van der Waals surface area contributed by atoms with Crippen molar-refractivity contribution >= 4 is 11.5 Å². The average Bonchev–Trinajstić information content (AvgIpc) is 2.19. The minimum absolute atomic E-state index is 0.0406. The third-order valence-electron chi connectivity index (χ3n) is 2.09. The summed E-state index contributed by atoms with van der Waals surface area (Å²) < 4.78 is 6.66. The van der Waals surface area contributed by atoms with E-state index in [9.17, 15) is 10.1 Å². The summed E-state index contributed by atoms with van der Waals surface area (Å²) in [4.78, 5) is 10.6. The fourth-order valence-electron chi connectivity index (χ4n) is 1.40. The number of pyridine rings is 1. The Labute approximate surface area is 94.0 Å². The number of hydrogen-bond acceptors (Lipinski definition) is 4. The topological polar surface area (TPSA) is 68.3 Å². The summed E-state index contributed by atoms with van der Waals surface area (Å²) >= 11 is 0. The molecule has 0 spiro atoms. The van der Waals surface area contributed by atoms with E-state index >= 15 is 0 Å². The van der Waals surface area contributed by atoms with Crippen molar-refractivity contribution in [2.24, 2.45) is 7.05 Å². The molecule has 1 rings (SSSR count). The van der Waals surface area contributed by atoms with Gasteiger partial charge in [-0.1, -0.05) is 0 Å². The van der Waals surface area contributed by atoms with Crippen LogP contribution in [0.25, 0.3) is 0 Å². The maximum absolute atomic E-state index is 11.0. The van der Waals surface area contributed by atoms with E-state index in [0.29, 0.717) is 5.82 Å². The third-order valence-corrected chi connectivity index (χ3v) is 2.09. The van der Waals surface area contributed by atoms with E-state index in [0.717, 1.165) is 0 Å². The van der Waals surface area contributed by atoms with Gasteiger partial charge in [-0.15, -0.1) is 0 Å². The molecule has 0 aromatic carbocycles. The molecule has 0 aliphatic carbocycles. The summed E-state index contributed by atoms with van der Waals surface area (Å²) in [6.45, 7) is 3.84. The van der Waals surface area contributed by atoms with E-state index in [-0.39, 0.29) is 17.5 Å². The van der Waals surface area contributed by atoms with Crippen molar-refractivity contribution in [2.75, 3.05) is 12.4 Å². The second-order valence-electron chi connectivity index (χ2n) is 3.75. The highest BCUT2D eigenvalue weighted by atomic mass is 16.6. The van der Waals surface area contributed by atoms with E-state index in [1.54, 1.807) is 23.9 Å². The summed E-state index contributed by atoms with van der Waals surface area (Å²) in [5.74, 6) is 0.700. The van der Waals surface area contributed by atoms with Crippen LogP contribution in [0.2, 0.25) is 0 Å². The number of nitrogens with one attached hydrogen (secondary N) is 1. The van der Waals surface area contributed by atoms with E-state index in [4.69, 9.17) is 4.74 Å². The van der Waals surface area contributed by atoms with Crippen molar-refractivity contribution in [3.05, 3.63) is 22.4 Å². The molecule has 0 saturated carbocycles. The van der Waals surface area contributed by atoms with E-state index < -0.39 is 4.92 Å². The lowest BCUT2D eigenvalue weighted by molar-refractivity contribution is -0.659. The standard InChI is InChI=1S/C10H15N3O3/c1-7(2)11-10-9(13(14)15)8(16-4)5-6-12(10)3/h5-7H,1-4H3/p+1. The Bertz CT molecular complexity index is 405. The van der Waals surface area contributed by atoms with Crippen LogP contribution in [-0.4, -0.2) is 18.1 Å². The Hall–Kier alpha value is -1.85. The van der Waals surface area contributed by atoms with Crippen molar-refractivity contribution in [3.63, 3.8) is 0 Å². The van der Waals surface area contributed by atoms with Crippen LogP contribution >= 0.6 is 0 Å². The molecule has 16 heavy (non-hydrogen) atoms. The maximum atomic E-state index is 11.0. The van der Waals surface area contributed by atoms with Crippen LogP contribution in [0.15, 0.2) is 12.3 Å². The molecule has 0 fully saturated rings. The Morgan fingerprint density at radius 1 is 1.56 bits per heavy atom. The first-order valence-electron chi connectivity index (χ1n) is 4.95. The minimum atomic E-state index is -0.441. The Kier molecular flexibility index (Phi) is 3.65. The predicted molar refractivity (Wildman–Crippen MR) is 59.6 cm³/mol. The molecule has 0 aliphatic heterocycles. The van der Waals surface area contributed by atoms with Gasteiger partial charge in [0.2, 0.25) is 5.75 Å². The molecule has 0 aliphatic rings. The van der Waals surface area contributed by atoms with Crippen molar-refractivity contribution in [1.82, 2.24) is 0 Å². The van der Waals surface area contributed by atoms with Gasteiger partial charge in [-0.25, -0.2) is 4.57 Å². The van der Waals surface area contributed by atoms with Gasteiger partial charge in [0.25, 0.3) is 0 Å². The van der Waals surface area contributed by atoms with Gasteiger partial charge in [-0.05, 0) is 13.8 Å². The maximum Gasteiger partial charge on any atom is 0.398 e. The van der Waals surface area contributed by atoms with Gasteiger partial charge in [0.1, 0.15) is 0 Å². The number of methoxy groups -OCH3 is 1. The van der Waals surface area contributed by atoms with Crippen LogP contribution in [0.4, 0.5) is 11.5 Å². The second kappa shape index (κ2) is 4.78. The second-order valence-corrected chi connectivity index (χ2v) is 3.75. The van der Waals surface area contributed by atoms with Gasteiger partial charge >= 0.3 is 11.5 Å². The van der Waals surface area contributed by atoms with Crippen molar-refractivity contribution in [3.8, 4) is 5.75 Å². The van der Waals surface area contributed by atoms with Crippen molar-refractivity contribution in [1.29, 1.82) is 0 Å². The molecule has 6 nitrogen and oxygen atoms in total. The van der Waals surface area contributed by atoms with Crippen LogP contribution in [0.1, 0.15) is 13.8 Å². The third kappa shape index (κ3) is 2.39. The molecule has 6 heteroatoms. The highest BCUT2D eigenvalue weighted by Gasteiger charge is 2.29. The van der Waals surface area contributed by atoms with Gasteiger partial charge in [-0.2, -0.15) is 0 Å². The van der Waals surface area contributed by atoms with Crippen LogP contribution in [0.5, 0.6) is 5.75 Å². The number of anilines is 1. The molecular weight excluding hydrogens is 210 g/mol. The van der Waals surface area contributed by atoms with Gasteiger partial charge in [0.15, 0.2) is 0 Å². The smallest absolute Gasteiger partial charge is 0.398 e. The first-order valence-corrected chi connectivity index (χ1v) is 4.95. The molecule has 1 aromatic rings. The largest absolute Gasteiger partial charge is 0.490 e. The van der Waals surface area contributed by atoms with Gasteiger partial charge in [0.05, 0.1) is 31.3 Å². The molecule has 88 valence electrons. The molecule has 1 heterocycles. The SMILES string of the molecule is COc1cc[n+](C)c(NC(C)C)c1[N+](=O)[O-]. The number of nitro groups is 1. The summed E-state index contributed by atoms with van der Waals surface area (Å²) in [6, 6.07) is 1.68. The molecule has 0 radical (unpaired) electrons. The Balaban J connectivity index is 3.35. The molecule has 0 atom stereocenters.